The molecule has 0 saturated heterocycles. The second-order valence-corrected chi connectivity index (χ2v) is 10.2. The van der Waals surface area contributed by atoms with Crippen molar-refractivity contribution in [2.24, 2.45) is 5.41 Å². The second kappa shape index (κ2) is 9.49. The van der Waals surface area contributed by atoms with Crippen LogP contribution in [0, 0.1) is 5.41 Å². The Kier molecular flexibility index (Phi) is 6.22. The molecule has 0 unspecified atom stereocenters. The van der Waals surface area contributed by atoms with Crippen molar-refractivity contribution in [1.29, 1.82) is 0 Å². The number of aromatic amines is 2. The summed E-state index contributed by atoms with van der Waals surface area (Å²) >= 11 is 0. The molecule has 5 rings (SSSR count). The van der Waals surface area contributed by atoms with Crippen molar-refractivity contribution >= 4 is 11.0 Å². The molecule has 0 amide bonds. The minimum Gasteiger partial charge on any atom is -0.319 e. The van der Waals surface area contributed by atoms with Crippen LogP contribution in [-0.4, -0.2) is 40.4 Å². The van der Waals surface area contributed by atoms with Crippen molar-refractivity contribution in [2.45, 2.75) is 53.5 Å². The number of hydrogen-bond donors (Lipinski definition) is 2. The third kappa shape index (κ3) is 4.56. The zero-order valence-corrected chi connectivity index (χ0v) is 21.0. The maximum atomic E-state index is 13.1. The number of imidazole rings is 1. The summed E-state index contributed by atoms with van der Waals surface area (Å²) in [5.74, 6) is 1.42. The van der Waals surface area contributed by atoms with E-state index in [2.05, 4.69) is 81.3 Å². The van der Waals surface area contributed by atoms with Gasteiger partial charge in [-0.15, -0.1) is 10.2 Å². The van der Waals surface area contributed by atoms with Gasteiger partial charge in [-0.3, -0.25) is 4.79 Å². The number of aryl methyl sites for hydroxylation is 1. The van der Waals surface area contributed by atoms with Crippen molar-refractivity contribution in [3.63, 3.8) is 0 Å². The zero-order chi connectivity index (χ0) is 25.3. The molecule has 9 nitrogen and oxygen atoms in total. The maximum Gasteiger partial charge on any atom is 0.290 e. The van der Waals surface area contributed by atoms with Crippen LogP contribution in [0.2, 0.25) is 0 Å². The molecule has 36 heavy (non-hydrogen) atoms. The maximum absolute atomic E-state index is 13.1. The number of nitrogens with one attached hydrogen (secondary N) is 2. The van der Waals surface area contributed by atoms with Crippen molar-refractivity contribution in [1.82, 2.24) is 40.4 Å². The van der Waals surface area contributed by atoms with Crippen molar-refractivity contribution in [3.8, 4) is 22.5 Å². The van der Waals surface area contributed by atoms with Gasteiger partial charge in [0.1, 0.15) is 16.9 Å². The minimum atomic E-state index is -0.220. The van der Waals surface area contributed by atoms with Gasteiger partial charge in [0.15, 0.2) is 0 Å². The molecule has 2 N–H and O–H groups in total. The molecule has 0 bridgehead atoms. The topological polar surface area (TPSA) is 118 Å². The highest BCUT2D eigenvalue weighted by molar-refractivity contribution is 5.82. The van der Waals surface area contributed by atoms with E-state index < -0.39 is 0 Å². The molecule has 0 aliphatic heterocycles. The monoisotopic (exact) mass is 482 g/mol. The smallest absolute Gasteiger partial charge is 0.290 e. The van der Waals surface area contributed by atoms with Gasteiger partial charge in [-0.05, 0) is 33.7 Å². The molecule has 3 aromatic heterocycles. The van der Waals surface area contributed by atoms with E-state index in [4.69, 9.17) is 4.98 Å². The summed E-state index contributed by atoms with van der Waals surface area (Å²) in [6.07, 6.45) is 2.41. The number of benzene rings is 2. The lowest BCUT2D eigenvalue weighted by atomic mass is 9.91. The van der Waals surface area contributed by atoms with Gasteiger partial charge in [0, 0.05) is 12.0 Å². The van der Waals surface area contributed by atoms with Crippen molar-refractivity contribution in [2.75, 3.05) is 0 Å². The van der Waals surface area contributed by atoms with Crippen LogP contribution >= 0.6 is 0 Å². The quantitative estimate of drug-likeness (QED) is 0.351. The Balaban J connectivity index is 1.69. The molecule has 2 aromatic carbocycles. The third-order valence-corrected chi connectivity index (χ3v) is 6.15. The van der Waals surface area contributed by atoms with E-state index in [1.807, 2.05) is 30.3 Å². The predicted molar refractivity (Wildman–Crippen MR) is 139 cm³/mol. The highest BCUT2D eigenvalue weighted by Gasteiger charge is 2.23. The van der Waals surface area contributed by atoms with Crippen LogP contribution in [-0.2, 0) is 19.4 Å². The van der Waals surface area contributed by atoms with E-state index in [0.29, 0.717) is 23.4 Å². The molecule has 3 heterocycles. The average Bonchev–Trinajstić information content (AvgIpc) is 3.50. The van der Waals surface area contributed by atoms with Gasteiger partial charge in [-0.2, -0.15) is 10.3 Å². The van der Waals surface area contributed by atoms with Crippen molar-refractivity contribution in [3.05, 3.63) is 76.0 Å². The van der Waals surface area contributed by atoms with Crippen LogP contribution in [0.15, 0.2) is 53.3 Å². The standard InChI is InChI=1S/C27H30N8O/c1-5-10-21-23-24(26(36)32-29-21)35(22(28-23)15-27(2,3)4)16-17-11-6-7-12-18(17)19-13-8-9-14-20(19)25-30-33-34-31-25/h6-9,11-14H,5,10,15-16H2,1-4H3,(H,32,36)(H,30,31,33,34). The largest absolute Gasteiger partial charge is 0.319 e. The molecular weight excluding hydrogens is 452 g/mol. The lowest BCUT2D eigenvalue weighted by molar-refractivity contribution is 0.394. The number of aromatic nitrogens is 8. The second-order valence-electron chi connectivity index (χ2n) is 10.2. The normalized spacial score (nSPS) is 11.9. The van der Waals surface area contributed by atoms with Gasteiger partial charge in [-0.25, -0.2) is 10.1 Å². The number of H-pyrrole nitrogens is 2. The van der Waals surface area contributed by atoms with E-state index in [-0.39, 0.29) is 11.0 Å². The van der Waals surface area contributed by atoms with Crippen LogP contribution in [0.1, 0.15) is 51.2 Å². The Bertz CT molecular complexity index is 1560. The lowest BCUT2D eigenvalue weighted by Crippen LogP contribution is -2.18. The number of hydrogen-bond acceptors (Lipinski definition) is 6. The first-order chi connectivity index (χ1) is 17.4. The van der Waals surface area contributed by atoms with Gasteiger partial charge < -0.3 is 4.57 Å². The summed E-state index contributed by atoms with van der Waals surface area (Å²) in [6, 6.07) is 16.2. The highest BCUT2D eigenvalue weighted by Crippen LogP contribution is 2.33. The SMILES string of the molecule is CCCc1n[nH]c(=O)c2c1nc(CC(C)(C)C)n2Cc1ccccc1-c1ccccc1-c1nn[nH]n1. The molecule has 0 atom stereocenters. The van der Waals surface area contributed by atoms with Gasteiger partial charge in [0.05, 0.1) is 12.2 Å². The Morgan fingerprint density at radius 1 is 0.944 bits per heavy atom. The van der Waals surface area contributed by atoms with E-state index in [1.54, 1.807) is 0 Å². The van der Waals surface area contributed by atoms with Crippen LogP contribution in [0.25, 0.3) is 33.5 Å². The lowest BCUT2D eigenvalue weighted by Gasteiger charge is -2.20. The van der Waals surface area contributed by atoms with Gasteiger partial charge in [0.25, 0.3) is 5.56 Å². The number of fused-ring (bicyclic) bond motifs is 1. The molecule has 0 aliphatic carbocycles. The van der Waals surface area contributed by atoms with Gasteiger partial charge >= 0.3 is 0 Å². The Hall–Kier alpha value is -4.14. The first-order valence-corrected chi connectivity index (χ1v) is 12.2. The zero-order valence-electron chi connectivity index (χ0n) is 21.0. The van der Waals surface area contributed by atoms with Crippen LogP contribution in [0.3, 0.4) is 0 Å². The Labute approximate surface area is 209 Å². The average molecular weight is 483 g/mol. The third-order valence-electron chi connectivity index (χ3n) is 6.15. The summed E-state index contributed by atoms with van der Waals surface area (Å²) < 4.78 is 2.07. The predicted octanol–water partition coefficient (Wildman–Crippen LogP) is 4.56. The number of rotatable bonds is 7. The fraction of sp³-hybridized carbons (Fsp3) is 0.333. The van der Waals surface area contributed by atoms with Crippen LogP contribution in [0.5, 0.6) is 0 Å². The fourth-order valence-corrected chi connectivity index (χ4v) is 4.63. The highest BCUT2D eigenvalue weighted by atomic mass is 16.1. The molecule has 5 aromatic rings. The van der Waals surface area contributed by atoms with E-state index in [1.165, 1.54) is 0 Å². The molecule has 0 saturated carbocycles. The van der Waals surface area contributed by atoms with Crippen molar-refractivity contribution < 1.29 is 0 Å². The first kappa shape index (κ1) is 23.6. The Morgan fingerprint density at radius 2 is 1.67 bits per heavy atom. The molecule has 0 aliphatic rings. The molecule has 9 heteroatoms. The fourth-order valence-electron chi connectivity index (χ4n) is 4.63. The summed E-state index contributed by atoms with van der Waals surface area (Å²) in [4.78, 5) is 18.1. The number of nitrogens with zero attached hydrogens (tertiary/aromatic N) is 6. The van der Waals surface area contributed by atoms with E-state index >= 15 is 0 Å². The molecule has 0 spiro atoms. The molecule has 0 radical (unpaired) electrons. The van der Waals surface area contributed by atoms with Crippen LogP contribution < -0.4 is 5.56 Å². The summed E-state index contributed by atoms with van der Waals surface area (Å²) in [5, 5.41) is 21.7. The van der Waals surface area contributed by atoms with E-state index in [9.17, 15) is 4.79 Å². The molecule has 0 fully saturated rings. The summed E-state index contributed by atoms with van der Waals surface area (Å²) in [7, 11) is 0. The first-order valence-electron chi connectivity index (χ1n) is 12.2. The molecular formula is C27H30N8O. The number of tetrazole rings is 1. The molecule has 184 valence electrons. The minimum absolute atomic E-state index is 0.00498. The van der Waals surface area contributed by atoms with Gasteiger partial charge in [0.2, 0.25) is 5.82 Å². The summed E-state index contributed by atoms with van der Waals surface area (Å²) in [6.45, 7) is 9.14. The van der Waals surface area contributed by atoms with Gasteiger partial charge in [-0.1, -0.05) is 82.6 Å². The summed E-state index contributed by atoms with van der Waals surface area (Å²) in [5.41, 5.74) is 5.87. The Morgan fingerprint density at radius 3 is 2.36 bits per heavy atom. The van der Waals surface area contributed by atoms with Crippen LogP contribution in [0.4, 0.5) is 0 Å². The van der Waals surface area contributed by atoms with E-state index in [0.717, 1.165) is 53.0 Å².